The van der Waals surface area contributed by atoms with Gasteiger partial charge in [0.1, 0.15) is 6.61 Å². The van der Waals surface area contributed by atoms with Crippen LogP contribution in [0.2, 0.25) is 0 Å². The molecule has 0 aliphatic carbocycles. The fourth-order valence-electron chi connectivity index (χ4n) is 2.71. The molecule has 5 nitrogen and oxygen atoms in total. The SMILES string of the molecule is Nc1nc(C2CCCCN2C(=O)OCc2ccccc2)cs1. The lowest BCUT2D eigenvalue weighted by molar-refractivity contribution is 0.0671. The number of aromatic nitrogens is 1. The summed E-state index contributed by atoms with van der Waals surface area (Å²) in [5, 5.41) is 2.47. The van der Waals surface area contributed by atoms with E-state index in [0.717, 1.165) is 30.5 Å². The van der Waals surface area contributed by atoms with E-state index >= 15 is 0 Å². The van der Waals surface area contributed by atoms with Crippen LogP contribution in [0.1, 0.15) is 36.6 Å². The van der Waals surface area contributed by atoms with Gasteiger partial charge in [-0.15, -0.1) is 11.3 Å². The van der Waals surface area contributed by atoms with Crippen molar-refractivity contribution in [1.82, 2.24) is 9.88 Å². The maximum Gasteiger partial charge on any atom is 0.410 e. The molecule has 0 saturated carbocycles. The molecule has 1 atom stereocenters. The number of likely N-dealkylation sites (tertiary alicyclic amines) is 1. The summed E-state index contributed by atoms with van der Waals surface area (Å²) in [4.78, 5) is 18.5. The first kappa shape index (κ1) is 14.8. The van der Waals surface area contributed by atoms with Gasteiger partial charge in [-0.3, -0.25) is 4.90 Å². The maximum atomic E-state index is 12.4. The lowest BCUT2D eigenvalue weighted by atomic mass is 10.0. The zero-order valence-corrected chi connectivity index (χ0v) is 13.1. The number of carbonyl (C=O) groups excluding carboxylic acids is 1. The average Bonchev–Trinajstić information content (AvgIpc) is 3.00. The molecule has 116 valence electrons. The summed E-state index contributed by atoms with van der Waals surface area (Å²) < 4.78 is 5.46. The Labute approximate surface area is 133 Å². The van der Waals surface area contributed by atoms with Crippen molar-refractivity contribution in [2.24, 2.45) is 0 Å². The van der Waals surface area contributed by atoms with Crippen LogP contribution >= 0.6 is 11.3 Å². The maximum absolute atomic E-state index is 12.4. The van der Waals surface area contributed by atoms with E-state index < -0.39 is 0 Å². The molecule has 2 aromatic rings. The molecule has 1 amide bonds. The van der Waals surface area contributed by atoms with E-state index in [-0.39, 0.29) is 12.1 Å². The number of anilines is 1. The summed E-state index contributed by atoms with van der Waals surface area (Å²) >= 11 is 1.41. The summed E-state index contributed by atoms with van der Waals surface area (Å²) in [6.45, 7) is 0.998. The van der Waals surface area contributed by atoms with E-state index in [2.05, 4.69) is 4.98 Å². The standard InChI is InChI=1S/C16H19N3O2S/c17-15-18-13(11-22-15)14-8-4-5-9-19(14)16(20)21-10-12-6-2-1-3-7-12/h1-3,6-7,11,14H,4-5,8-10H2,(H2,17,18). The largest absolute Gasteiger partial charge is 0.445 e. The summed E-state index contributed by atoms with van der Waals surface area (Å²) in [7, 11) is 0. The zero-order chi connectivity index (χ0) is 15.4. The van der Waals surface area contributed by atoms with E-state index in [0.29, 0.717) is 18.3 Å². The first-order valence-electron chi connectivity index (χ1n) is 7.42. The Hall–Kier alpha value is -2.08. The summed E-state index contributed by atoms with van der Waals surface area (Å²) in [5.41, 5.74) is 7.58. The minimum atomic E-state index is -0.278. The number of hydrogen-bond acceptors (Lipinski definition) is 5. The fraction of sp³-hybridized carbons (Fsp3) is 0.375. The molecule has 1 saturated heterocycles. The first-order chi connectivity index (χ1) is 10.7. The van der Waals surface area contributed by atoms with Gasteiger partial charge in [-0.05, 0) is 24.8 Å². The van der Waals surface area contributed by atoms with Crippen LogP contribution in [-0.2, 0) is 11.3 Å². The second-order valence-electron chi connectivity index (χ2n) is 5.36. The van der Waals surface area contributed by atoms with Crippen LogP contribution in [0.3, 0.4) is 0 Å². The highest BCUT2D eigenvalue weighted by Gasteiger charge is 2.30. The molecule has 0 spiro atoms. The Balaban J connectivity index is 1.66. The van der Waals surface area contributed by atoms with Gasteiger partial charge in [0.15, 0.2) is 5.13 Å². The smallest absolute Gasteiger partial charge is 0.410 e. The molecule has 1 unspecified atom stereocenters. The van der Waals surface area contributed by atoms with Crippen LogP contribution in [0.25, 0.3) is 0 Å². The van der Waals surface area contributed by atoms with Crippen LogP contribution in [0, 0.1) is 0 Å². The minimum absolute atomic E-state index is 0.0226. The first-order valence-corrected chi connectivity index (χ1v) is 8.30. The van der Waals surface area contributed by atoms with Crippen molar-refractivity contribution in [3.05, 3.63) is 47.0 Å². The Morgan fingerprint density at radius 3 is 2.91 bits per heavy atom. The third-order valence-corrected chi connectivity index (χ3v) is 4.52. The molecule has 0 radical (unpaired) electrons. The van der Waals surface area contributed by atoms with Crippen LogP contribution in [0.4, 0.5) is 9.93 Å². The predicted molar refractivity (Wildman–Crippen MR) is 86.5 cm³/mol. The van der Waals surface area contributed by atoms with Crippen LogP contribution in [0.5, 0.6) is 0 Å². The highest BCUT2D eigenvalue weighted by Crippen LogP contribution is 2.32. The molecule has 3 rings (SSSR count). The van der Waals surface area contributed by atoms with Crippen LogP contribution in [-0.4, -0.2) is 22.5 Å². The third kappa shape index (κ3) is 3.39. The Morgan fingerprint density at radius 1 is 1.36 bits per heavy atom. The third-order valence-electron chi connectivity index (χ3n) is 3.82. The molecular formula is C16H19N3O2S. The molecule has 1 aliphatic heterocycles. The van der Waals surface area contributed by atoms with Gasteiger partial charge in [-0.1, -0.05) is 30.3 Å². The second kappa shape index (κ2) is 6.79. The average molecular weight is 317 g/mol. The summed E-state index contributed by atoms with van der Waals surface area (Å²) in [5.74, 6) is 0. The number of benzene rings is 1. The number of rotatable bonds is 3. The summed E-state index contributed by atoms with van der Waals surface area (Å²) in [6.07, 6.45) is 2.71. The number of nitrogens with two attached hydrogens (primary N) is 1. The molecule has 0 bridgehead atoms. The number of nitrogens with zero attached hydrogens (tertiary/aromatic N) is 2. The number of ether oxygens (including phenoxy) is 1. The van der Waals surface area contributed by atoms with E-state index in [4.69, 9.17) is 10.5 Å². The molecule has 1 aromatic heterocycles. The highest BCUT2D eigenvalue weighted by molar-refractivity contribution is 7.13. The molecule has 2 heterocycles. The lowest BCUT2D eigenvalue weighted by Crippen LogP contribution is -2.39. The Bertz CT molecular complexity index is 629. The van der Waals surface area contributed by atoms with E-state index in [9.17, 15) is 4.79 Å². The minimum Gasteiger partial charge on any atom is -0.445 e. The normalized spacial score (nSPS) is 18.2. The van der Waals surface area contributed by atoms with E-state index in [1.54, 1.807) is 4.90 Å². The van der Waals surface area contributed by atoms with Crippen molar-refractivity contribution in [2.45, 2.75) is 31.9 Å². The molecule has 1 fully saturated rings. The van der Waals surface area contributed by atoms with Gasteiger partial charge in [0.05, 0.1) is 11.7 Å². The van der Waals surface area contributed by atoms with Gasteiger partial charge < -0.3 is 10.5 Å². The van der Waals surface area contributed by atoms with E-state index in [1.165, 1.54) is 11.3 Å². The Kier molecular flexibility index (Phi) is 4.58. The number of thiazole rings is 1. The van der Waals surface area contributed by atoms with Gasteiger partial charge in [0, 0.05) is 11.9 Å². The lowest BCUT2D eigenvalue weighted by Gasteiger charge is -2.33. The van der Waals surface area contributed by atoms with Crippen molar-refractivity contribution < 1.29 is 9.53 Å². The molecule has 1 aliphatic rings. The number of amides is 1. The number of nitrogen functional groups attached to an aromatic ring is 1. The van der Waals surface area contributed by atoms with Gasteiger partial charge >= 0.3 is 6.09 Å². The van der Waals surface area contributed by atoms with Gasteiger partial charge in [-0.25, -0.2) is 9.78 Å². The quantitative estimate of drug-likeness (QED) is 0.939. The van der Waals surface area contributed by atoms with Crippen molar-refractivity contribution in [3.8, 4) is 0 Å². The highest BCUT2D eigenvalue weighted by atomic mass is 32.1. The zero-order valence-electron chi connectivity index (χ0n) is 12.3. The molecule has 22 heavy (non-hydrogen) atoms. The van der Waals surface area contributed by atoms with Crippen LogP contribution < -0.4 is 5.73 Å². The number of piperidine rings is 1. The number of carbonyl (C=O) groups is 1. The van der Waals surface area contributed by atoms with Crippen molar-refractivity contribution in [2.75, 3.05) is 12.3 Å². The molecule has 6 heteroatoms. The summed E-state index contributed by atoms with van der Waals surface area (Å²) in [6, 6.07) is 9.68. The molecular weight excluding hydrogens is 298 g/mol. The topological polar surface area (TPSA) is 68.5 Å². The van der Waals surface area contributed by atoms with Gasteiger partial charge in [-0.2, -0.15) is 0 Å². The monoisotopic (exact) mass is 317 g/mol. The van der Waals surface area contributed by atoms with Gasteiger partial charge in [0.2, 0.25) is 0 Å². The van der Waals surface area contributed by atoms with Crippen molar-refractivity contribution >= 4 is 22.6 Å². The fourth-order valence-corrected chi connectivity index (χ4v) is 3.32. The number of hydrogen-bond donors (Lipinski definition) is 1. The second-order valence-corrected chi connectivity index (χ2v) is 6.25. The van der Waals surface area contributed by atoms with Crippen LogP contribution in [0.15, 0.2) is 35.7 Å². The van der Waals surface area contributed by atoms with E-state index in [1.807, 2.05) is 35.7 Å². The van der Waals surface area contributed by atoms with Gasteiger partial charge in [0.25, 0.3) is 0 Å². The predicted octanol–water partition coefficient (Wildman–Crippen LogP) is 3.59. The Morgan fingerprint density at radius 2 is 2.18 bits per heavy atom. The van der Waals surface area contributed by atoms with Crippen molar-refractivity contribution in [3.63, 3.8) is 0 Å². The molecule has 2 N–H and O–H groups in total. The molecule has 1 aromatic carbocycles. The van der Waals surface area contributed by atoms with Crippen molar-refractivity contribution in [1.29, 1.82) is 0 Å².